The molecule has 0 spiro atoms. The molecule has 1 saturated heterocycles. The highest BCUT2D eigenvalue weighted by molar-refractivity contribution is 7.92. The maximum Gasteiger partial charge on any atom is 0.242 e. The van der Waals surface area contributed by atoms with Crippen LogP contribution in [0.5, 0.6) is 0 Å². The maximum absolute atomic E-state index is 12.3. The van der Waals surface area contributed by atoms with Gasteiger partial charge in [0.25, 0.3) is 0 Å². The summed E-state index contributed by atoms with van der Waals surface area (Å²) in [5.41, 5.74) is 0.329. The van der Waals surface area contributed by atoms with Crippen LogP contribution in [0.2, 0.25) is 0 Å². The number of aromatic nitrogens is 3. The van der Waals surface area contributed by atoms with Crippen molar-refractivity contribution in [1.29, 1.82) is 0 Å². The van der Waals surface area contributed by atoms with E-state index >= 15 is 0 Å². The molecule has 8 heteroatoms. The average molecular weight is 324 g/mol. The van der Waals surface area contributed by atoms with Gasteiger partial charge in [-0.1, -0.05) is 6.07 Å². The molecule has 3 rings (SSSR count). The van der Waals surface area contributed by atoms with Crippen LogP contribution in [-0.4, -0.2) is 40.5 Å². The fourth-order valence-corrected chi connectivity index (χ4v) is 4.00. The van der Waals surface area contributed by atoms with Gasteiger partial charge < -0.3 is 4.74 Å². The second-order valence-corrected chi connectivity index (χ2v) is 7.99. The molecule has 3 heterocycles. The SMILES string of the molecule is CC1(C)CCCC(CS(=O)(=O)Nc2nnc3ccccn23)O1. The summed E-state index contributed by atoms with van der Waals surface area (Å²) >= 11 is 0. The largest absolute Gasteiger partial charge is 0.371 e. The van der Waals surface area contributed by atoms with Crippen molar-refractivity contribution in [3.8, 4) is 0 Å². The fraction of sp³-hybridized carbons (Fsp3) is 0.571. The first-order valence-corrected chi connectivity index (χ1v) is 8.98. The Morgan fingerprint density at radius 1 is 1.41 bits per heavy atom. The number of sulfonamides is 1. The molecule has 0 saturated carbocycles. The Morgan fingerprint density at radius 3 is 3.00 bits per heavy atom. The third-order valence-electron chi connectivity index (χ3n) is 3.76. The molecule has 1 unspecified atom stereocenters. The van der Waals surface area contributed by atoms with E-state index in [-0.39, 0.29) is 23.4 Å². The molecule has 1 atom stereocenters. The molecule has 2 aromatic heterocycles. The van der Waals surface area contributed by atoms with Gasteiger partial charge in [-0.3, -0.25) is 9.12 Å². The number of fused-ring (bicyclic) bond motifs is 1. The Balaban J connectivity index is 1.73. The van der Waals surface area contributed by atoms with Gasteiger partial charge >= 0.3 is 0 Å². The average Bonchev–Trinajstić information content (AvgIpc) is 2.80. The van der Waals surface area contributed by atoms with E-state index in [1.54, 1.807) is 22.7 Å². The van der Waals surface area contributed by atoms with Gasteiger partial charge in [0.2, 0.25) is 16.0 Å². The van der Waals surface area contributed by atoms with E-state index in [0.717, 1.165) is 19.3 Å². The molecule has 7 nitrogen and oxygen atoms in total. The summed E-state index contributed by atoms with van der Waals surface area (Å²) in [6.45, 7) is 3.98. The minimum absolute atomic E-state index is 0.0713. The number of pyridine rings is 1. The van der Waals surface area contributed by atoms with E-state index in [1.165, 1.54) is 0 Å². The van der Waals surface area contributed by atoms with Crippen LogP contribution in [0, 0.1) is 0 Å². The fourth-order valence-electron chi connectivity index (χ4n) is 2.78. The van der Waals surface area contributed by atoms with Crippen molar-refractivity contribution in [2.45, 2.75) is 44.8 Å². The molecule has 120 valence electrons. The molecule has 2 aromatic rings. The van der Waals surface area contributed by atoms with Crippen molar-refractivity contribution in [2.24, 2.45) is 0 Å². The summed E-state index contributed by atoms with van der Waals surface area (Å²) in [5.74, 6) is 0.128. The van der Waals surface area contributed by atoms with E-state index in [4.69, 9.17) is 4.74 Å². The first kappa shape index (κ1) is 15.2. The smallest absolute Gasteiger partial charge is 0.242 e. The van der Waals surface area contributed by atoms with Crippen molar-refractivity contribution >= 4 is 21.6 Å². The highest BCUT2D eigenvalue weighted by Crippen LogP contribution is 2.28. The van der Waals surface area contributed by atoms with Gasteiger partial charge in [-0.05, 0) is 45.2 Å². The second-order valence-electron chi connectivity index (χ2n) is 6.23. The predicted octanol–water partition coefficient (Wildman–Crippen LogP) is 1.82. The minimum Gasteiger partial charge on any atom is -0.371 e. The van der Waals surface area contributed by atoms with Crippen molar-refractivity contribution in [1.82, 2.24) is 14.6 Å². The van der Waals surface area contributed by atoms with Crippen LogP contribution in [0.4, 0.5) is 5.95 Å². The van der Waals surface area contributed by atoms with E-state index in [0.29, 0.717) is 5.65 Å². The lowest BCUT2D eigenvalue weighted by atomic mass is 9.96. The van der Waals surface area contributed by atoms with Gasteiger partial charge in [0, 0.05) is 6.20 Å². The zero-order valence-electron chi connectivity index (χ0n) is 12.7. The molecular formula is C14H20N4O3S. The highest BCUT2D eigenvalue weighted by Gasteiger charge is 2.31. The molecule has 1 N–H and O–H groups in total. The van der Waals surface area contributed by atoms with E-state index < -0.39 is 10.0 Å². The Labute approximate surface area is 129 Å². The maximum atomic E-state index is 12.3. The molecule has 0 bridgehead atoms. The van der Waals surface area contributed by atoms with Crippen LogP contribution < -0.4 is 4.72 Å². The molecule has 0 aromatic carbocycles. The molecule has 1 fully saturated rings. The molecule has 1 aliphatic heterocycles. The first-order valence-electron chi connectivity index (χ1n) is 7.33. The Kier molecular flexibility index (Phi) is 3.82. The standard InChI is InChI=1S/C14H20N4O3S/c1-14(2)8-5-6-11(21-14)10-22(19,20)17-13-16-15-12-7-3-4-9-18(12)13/h3-4,7,9,11H,5-6,8,10H2,1-2H3,(H,16,17). The van der Waals surface area contributed by atoms with Crippen molar-refractivity contribution < 1.29 is 13.2 Å². The van der Waals surface area contributed by atoms with E-state index in [1.807, 2.05) is 19.9 Å². The molecule has 0 radical (unpaired) electrons. The monoisotopic (exact) mass is 324 g/mol. The van der Waals surface area contributed by atoms with Crippen molar-refractivity contribution in [3.05, 3.63) is 24.4 Å². The quantitative estimate of drug-likeness (QED) is 0.927. The summed E-state index contributed by atoms with van der Waals surface area (Å²) in [6.07, 6.45) is 4.10. The number of hydrogen-bond donors (Lipinski definition) is 1. The Hall–Kier alpha value is -1.67. The van der Waals surface area contributed by atoms with Gasteiger partial charge in [0.1, 0.15) is 0 Å². The lowest BCUT2D eigenvalue weighted by Crippen LogP contribution is -2.40. The van der Waals surface area contributed by atoms with Gasteiger partial charge in [-0.25, -0.2) is 8.42 Å². The Morgan fingerprint density at radius 2 is 2.23 bits per heavy atom. The van der Waals surface area contributed by atoms with E-state index in [2.05, 4.69) is 14.9 Å². The summed E-state index contributed by atoms with van der Waals surface area (Å²) in [7, 11) is -3.54. The van der Waals surface area contributed by atoms with Crippen molar-refractivity contribution in [3.63, 3.8) is 0 Å². The first-order chi connectivity index (χ1) is 10.3. The zero-order chi connectivity index (χ0) is 15.8. The number of nitrogens with zero attached hydrogens (tertiary/aromatic N) is 3. The summed E-state index contributed by atoms with van der Waals surface area (Å²) in [5, 5.41) is 7.81. The number of ether oxygens (including phenoxy) is 1. The van der Waals surface area contributed by atoms with Gasteiger partial charge in [0.15, 0.2) is 5.65 Å². The zero-order valence-corrected chi connectivity index (χ0v) is 13.5. The van der Waals surface area contributed by atoms with Gasteiger partial charge in [-0.15, -0.1) is 10.2 Å². The molecule has 0 amide bonds. The van der Waals surface area contributed by atoms with Crippen LogP contribution in [-0.2, 0) is 14.8 Å². The summed E-state index contributed by atoms with van der Waals surface area (Å²) in [6, 6.07) is 5.37. The number of hydrogen-bond acceptors (Lipinski definition) is 5. The molecular weight excluding hydrogens is 304 g/mol. The number of nitrogens with one attached hydrogen (secondary N) is 1. The lowest BCUT2D eigenvalue weighted by molar-refractivity contribution is -0.0963. The number of rotatable bonds is 4. The van der Waals surface area contributed by atoms with Crippen LogP contribution >= 0.6 is 0 Å². The van der Waals surface area contributed by atoms with Crippen LogP contribution in [0.25, 0.3) is 5.65 Å². The van der Waals surface area contributed by atoms with Crippen LogP contribution in [0.15, 0.2) is 24.4 Å². The summed E-state index contributed by atoms with van der Waals surface area (Å²) < 4.78 is 34.6. The lowest BCUT2D eigenvalue weighted by Gasteiger charge is -2.35. The minimum atomic E-state index is -3.54. The third-order valence-corrected chi connectivity index (χ3v) is 5.06. The normalized spacial score (nSPS) is 21.8. The predicted molar refractivity (Wildman–Crippen MR) is 83.2 cm³/mol. The highest BCUT2D eigenvalue weighted by atomic mass is 32.2. The third kappa shape index (κ3) is 3.38. The summed E-state index contributed by atoms with van der Waals surface area (Å²) in [4.78, 5) is 0. The second kappa shape index (κ2) is 5.51. The molecule has 0 aliphatic carbocycles. The van der Waals surface area contributed by atoms with Gasteiger partial charge in [-0.2, -0.15) is 0 Å². The van der Waals surface area contributed by atoms with Crippen LogP contribution in [0.3, 0.4) is 0 Å². The molecule has 22 heavy (non-hydrogen) atoms. The van der Waals surface area contributed by atoms with Crippen molar-refractivity contribution in [2.75, 3.05) is 10.5 Å². The Bertz CT molecular complexity index is 769. The van der Waals surface area contributed by atoms with E-state index in [9.17, 15) is 8.42 Å². The topological polar surface area (TPSA) is 85.6 Å². The van der Waals surface area contributed by atoms with Gasteiger partial charge in [0.05, 0.1) is 17.5 Å². The van der Waals surface area contributed by atoms with Crippen LogP contribution in [0.1, 0.15) is 33.1 Å². The number of anilines is 1. The molecule has 1 aliphatic rings.